The van der Waals surface area contributed by atoms with Gasteiger partial charge in [-0.2, -0.15) is 16.1 Å². The molecule has 2 heterocycles. The fraction of sp³-hybridized carbons (Fsp3) is 0.600. The van der Waals surface area contributed by atoms with Gasteiger partial charge in [-0.1, -0.05) is 13.0 Å². The van der Waals surface area contributed by atoms with Crippen LogP contribution in [0.15, 0.2) is 23.1 Å². The van der Waals surface area contributed by atoms with E-state index in [0.717, 1.165) is 30.8 Å². The zero-order chi connectivity index (χ0) is 15.0. The van der Waals surface area contributed by atoms with E-state index in [9.17, 15) is 8.42 Å². The Hall–Kier alpha value is -0.720. The minimum Gasteiger partial charge on any atom is -0.385 e. The van der Waals surface area contributed by atoms with Crippen molar-refractivity contribution in [1.82, 2.24) is 4.31 Å². The molecule has 6 heteroatoms. The molecule has 0 radical (unpaired) electrons. The number of hydrogen-bond donors (Lipinski definition) is 1. The van der Waals surface area contributed by atoms with E-state index in [1.165, 1.54) is 5.56 Å². The summed E-state index contributed by atoms with van der Waals surface area (Å²) >= 11 is 1.85. The van der Waals surface area contributed by atoms with Gasteiger partial charge in [-0.25, -0.2) is 8.42 Å². The lowest BCUT2D eigenvalue weighted by molar-refractivity contribution is 0.340. The highest BCUT2D eigenvalue weighted by Gasteiger charge is 2.35. The number of rotatable bonds is 2. The average Bonchev–Trinajstić information content (AvgIpc) is 2.49. The Morgan fingerprint density at radius 2 is 2.14 bits per heavy atom. The third kappa shape index (κ3) is 2.81. The van der Waals surface area contributed by atoms with Crippen LogP contribution in [0.2, 0.25) is 0 Å². The molecule has 116 valence electrons. The Balaban J connectivity index is 1.94. The van der Waals surface area contributed by atoms with E-state index in [0.29, 0.717) is 16.7 Å². The van der Waals surface area contributed by atoms with Crippen molar-refractivity contribution >= 4 is 27.5 Å². The van der Waals surface area contributed by atoms with Gasteiger partial charge in [0.15, 0.2) is 0 Å². The molecule has 2 aliphatic rings. The summed E-state index contributed by atoms with van der Waals surface area (Å²) in [5.41, 5.74) is 2.20. The summed E-state index contributed by atoms with van der Waals surface area (Å²) in [6.07, 6.45) is 2.13. The van der Waals surface area contributed by atoms with Crippen LogP contribution in [0.5, 0.6) is 0 Å². The van der Waals surface area contributed by atoms with Crippen LogP contribution in [-0.4, -0.2) is 42.9 Å². The van der Waals surface area contributed by atoms with E-state index in [2.05, 4.69) is 12.2 Å². The molecule has 2 aliphatic heterocycles. The molecule has 2 atom stereocenters. The minimum absolute atomic E-state index is 0.0396. The summed E-state index contributed by atoms with van der Waals surface area (Å²) in [4.78, 5) is 0.418. The zero-order valence-electron chi connectivity index (χ0n) is 12.5. The van der Waals surface area contributed by atoms with Crippen molar-refractivity contribution in [2.75, 3.05) is 24.2 Å². The van der Waals surface area contributed by atoms with Crippen LogP contribution in [0.4, 0.5) is 5.69 Å². The Kier molecular flexibility index (Phi) is 4.21. The molecule has 0 amide bonds. The van der Waals surface area contributed by atoms with Gasteiger partial charge < -0.3 is 5.32 Å². The highest BCUT2D eigenvalue weighted by Crippen LogP contribution is 2.31. The van der Waals surface area contributed by atoms with Crippen molar-refractivity contribution in [2.24, 2.45) is 0 Å². The van der Waals surface area contributed by atoms with Crippen molar-refractivity contribution < 1.29 is 8.42 Å². The molecule has 1 N–H and O–H groups in total. The van der Waals surface area contributed by atoms with Gasteiger partial charge >= 0.3 is 0 Å². The number of nitrogens with one attached hydrogen (secondary N) is 1. The van der Waals surface area contributed by atoms with Gasteiger partial charge in [0.2, 0.25) is 10.0 Å². The highest BCUT2D eigenvalue weighted by atomic mass is 32.2. The minimum atomic E-state index is -3.40. The number of anilines is 1. The van der Waals surface area contributed by atoms with E-state index < -0.39 is 10.0 Å². The predicted molar refractivity (Wildman–Crippen MR) is 88.5 cm³/mol. The van der Waals surface area contributed by atoms with Crippen LogP contribution in [0.1, 0.15) is 25.8 Å². The number of nitrogens with zero attached hydrogens (tertiary/aromatic N) is 1. The maximum Gasteiger partial charge on any atom is 0.243 e. The van der Waals surface area contributed by atoms with Gasteiger partial charge in [-0.15, -0.1) is 0 Å². The molecule has 1 saturated heterocycles. The maximum absolute atomic E-state index is 12.9. The predicted octanol–water partition coefficient (Wildman–Crippen LogP) is 2.56. The molecule has 1 aromatic carbocycles. The standard InChI is InChI=1S/C15H22N2O2S2/c1-11-12(2)20-9-8-17(11)21(18,19)14-6-5-13-4-3-7-16-15(13)10-14/h5-6,10-12,16H,3-4,7-9H2,1-2H3. The summed E-state index contributed by atoms with van der Waals surface area (Å²) in [6, 6.07) is 5.57. The Morgan fingerprint density at radius 1 is 1.33 bits per heavy atom. The Morgan fingerprint density at radius 3 is 2.95 bits per heavy atom. The number of sulfonamides is 1. The van der Waals surface area contributed by atoms with Crippen molar-refractivity contribution in [3.05, 3.63) is 23.8 Å². The van der Waals surface area contributed by atoms with Crippen LogP contribution in [0.25, 0.3) is 0 Å². The second kappa shape index (κ2) is 5.82. The second-order valence-corrected chi connectivity index (χ2v) is 9.16. The lowest BCUT2D eigenvalue weighted by Gasteiger charge is -2.36. The van der Waals surface area contributed by atoms with Gasteiger partial charge in [0, 0.05) is 35.8 Å². The quantitative estimate of drug-likeness (QED) is 0.907. The normalized spacial score (nSPS) is 27.0. The van der Waals surface area contributed by atoms with Gasteiger partial charge in [0.1, 0.15) is 0 Å². The van der Waals surface area contributed by atoms with Crippen molar-refractivity contribution in [3.8, 4) is 0 Å². The van der Waals surface area contributed by atoms with Gasteiger partial charge in [0.25, 0.3) is 0 Å². The first kappa shape index (κ1) is 15.2. The first-order valence-corrected chi connectivity index (χ1v) is 9.99. The number of aryl methyl sites for hydroxylation is 1. The van der Waals surface area contributed by atoms with Gasteiger partial charge in [-0.3, -0.25) is 0 Å². The van der Waals surface area contributed by atoms with Crippen LogP contribution >= 0.6 is 11.8 Å². The molecule has 2 unspecified atom stereocenters. The maximum atomic E-state index is 12.9. The number of thioether (sulfide) groups is 1. The average molecular weight is 326 g/mol. The molecule has 1 fully saturated rings. The molecule has 0 aromatic heterocycles. The summed E-state index contributed by atoms with van der Waals surface area (Å²) in [7, 11) is -3.40. The highest BCUT2D eigenvalue weighted by molar-refractivity contribution is 8.00. The van der Waals surface area contributed by atoms with Crippen molar-refractivity contribution in [3.63, 3.8) is 0 Å². The Bertz CT molecular complexity index is 631. The lowest BCUT2D eigenvalue weighted by atomic mass is 10.0. The summed E-state index contributed by atoms with van der Waals surface area (Å²) in [5.74, 6) is 0.869. The van der Waals surface area contributed by atoms with Gasteiger partial charge in [0.05, 0.1) is 4.90 Å². The number of fused-ring (bicyclic) bond motifs is 1. The topological polar surface area (TPSA) is 49.4 Å². The molecule has 0 bridgehead atoms. The third-order valence-electron chi connectivity index (χ3n) is 4.45. The molecular formula is C15H22N2O2S2. The van der Waals surface area contributed by atoms with E-state index >= 15 is 0 Å². The lowest BCUT2D eigenvalue weighted by Crippen LogP contribution is -2.47. The van der Waals surface area contributed by atoms with Crippen LogP contribution in [0, 0.1) is 0 Å². The first-order chi connectivity index (χ1) is 10.00. The van der Waals surface area contributed by atoms with Gasteiger partial charge in [-0.05, 0) is 37.5 Å². The molecular weight excluding hydrogens is 304 g/mol. The van der Waals surface area contributed by atoms with E-state index in [1.54, 1.807) is 10.4 Å². The summed E-state index contributed by atoms with van der Waals surface area (Å²) in [6.45, 7) is 5.63. The fourth-order valence-corrected chi connectivity index (χ4v) is 6.00. The third-order valence-corrected chi connectivity index (χ3v) is 7.77. The molecule has 0 spiro atoms. The van der Waals surface area contributed by atoms with Crippen LogP contribution in [-0.2, 0) is 16.4 Å². The molecule has 0 aliphatic carbocycles. The van der Waals surface area contributed by atoms with Crippen molar-refractivity contribution in [2.45, 2.75) is 42.9 Å². The van der Waals surface area contributed by atoms with Crippen LogP contribution < -0.4 is 5.32 Å². The molecule has 1 aromatic rings. The molecule has 0 saturated carbocycles. The SMILES string of the molecule is CC1SCCN(S(=O)(=O)c2ccc3c(c2)NCCC3)C1C. The van der Waals surface area contributed by atoms with E-state index in [4.69, 9.17) is 0 Å². The Labute approximate surface area is 131 Å². The largest absolute Gasteiger partial charge is 0.385 e. The number of benzene rings is 1. The smallest absolute Gasteiger partial charge is 0.243 e. The van der Waals surface area contributed by atoms with E-state index in [1.807, 2.05) is 30.8 Å². The molecule has 3 rings (SSSR count). The molecule has 21 heavy (non-hydrogen) atoms. The van der Waals surface area contributed by atoms with Crippen LogP contribution in [0.3, 0.4) is 0 Å². The van der Waals surface area contributed by atoms with Crippen molar-refractivity contribution in [1.29, 1.82) is 0 Å². The monoisotopic (exact) mass is 326 g/mol. The first-order valence-electron chi connectivity index (χ1n) is 7.50. The molecule has 4 nitrogen and oxygen atoms in total. The zero-order valence-corrected chi connectivity index (χ0v) is 14.1. The second-order valence-electron chi connectivity index (χ2n) is 5.78. The van der Waals surface area contributed by atoms with E-state index in [-0.39, 0.29) is 6.04 Å². The fourth-order valence-electron chi connectivity index (χ4n) is 2.98. The number of hydrogen-bond acceptors (Lipinski definition) is 4. The summed E-state index contributed by atoms with van der Waals surface area (Å²) in [5, 5.41) is 3.65. The summed E-state index contributed by atoms with van der Waals surface area (Å²) < 4.78 is 27.5.